The smallest absolute Gasteiger partial charge is 0.534 e. The number of hydrogen-bond donors (Lipinski definition) is 5. The van der Waals surface area contributed by atoms with Crippen LogP contribution >= 0.6 is 11.6 Å². The molecule has 210 valence electrons. The minimum absolute atomic E-state index is 0.0639. The summed E-state index contributed by atoms with van der Waals surface area (Å²) in [6.07, 6.45) is -0.0688. The molecule has 1 saturated heterocycles. The van der Waals surface area contributed by atoms with Crippen molar-refractivity contribution in [3.05, 3.63) is 57.9 Å². The fourth-order valence-corrected chi connectivity index (χ4v) is 4.62. The predicted octanol–water partition coefficient (Wildman–Crippen LogP) is 0.464. The van der Waals surface area contributed by atoms with Gasteiger partial charge in [0.1, 0.15) is 11.8 Å². The van der Waals surface area contributed by atoms with Crippen molar-refractivity contribution in [2.75, 3.05) is 19.6 Å². The first-order chi connectivity index (χ1) is 18.9. The van der Waals surface area contributed by atoms with Crippen molar-refractivity contribution >= 4 is 48.4 Å². The lowest BCUT2D eigenvalue weighted by Gasteiger charge is -2.33. The zero-order chi connectivity index (χ0) is 29.3. The lowest BCUT2D eigenvalue weighted by atomic mass is 9.72. The molecule has 1 unspecified atom stereocenters. The molecule has 2 aliphatic heterocycles. The van der Waals surface area contributed by atoms with E-state index in [0.717, 1.165) is 12.1 Å². The summed E-state index contributed by atoms with van der Waals surface area (Å²) in [5.74, 6) is -7.62. The molecule has 2 aromatic carbocycles. The van der Waals surface area contributed by atoms with Crippen LogP contribution in [-0.2, 0) is 20.8 Å². The molecule has 16 heteroatoms. The van der Waals surface area contributed by atoms with Gasteiger partial charge in [-0.15, -0.1) is 0 Å². The molecule has 2 heterocycles. The van der Waals surface area contributed by atoms with Gasteiger partial charge in [0.25, 0.3) is 0 Å². The topological polar surface area (TPSA) is 186 Å². The second-order valence-electron chi connectivity index (χ2n) is 8.98. The zero-order valence-corrected chi connectivity index (χ0v) is 21.6. The highest BCUT2D eigenvalue weighted by atomic mass is 35.5. The molecule has 13 nitrogen and oxygen atoms in total. The Labute approximate surface area is 231 Å². The number of carbonyl (C=O) groups is 5. The van der Waals surface area contributed by atoms with Crippen LogP contribution in [0.25, 0.3) is 0 Å². The van der Waals surface area contributed by atoms with Crippen LogP contribution in [0.5, 0.6) is 11.5 Å². The number of carboxylic acid groups (broad SMARTS) is 1. The molecule has 0 spiro atoms. The number of imide groups is 1. The van der Waals surface area contributed by atoms with E-state index in [4.69, 9.17) is 16.3 Å². The monoisotopic (exact) mass is 576 g/mol. The first-order valence-corrected chi connectivity index (χ1v) is 12.4. The van der Waals surface area contributed by atoms with Crippen molar-refractivity contribution < 1.29 is 48.3 Å². The number of benzene rings is 2. The molecule has 4 rings (SSSR count). The molecule has 2 aromatic rings. The molecular weight excluding hydrogens is 554 g/mol. The third-order valence-corrected chi connectivity index (χ3v) is 6.80. The quantitative estimate of drug-likeness (QED) is 0.241. The van der Waals surface area contributed by atoms with Crippen LogP contribution in [0.1, 0.15) is 34.5 Å². The van der Waals surface area contributed by atoms with Gasteiger partial charge in [-0.25, -0.2) is 14.0 Å². The lowest BCUT2D eigenvalue weighted by Crippen LogP contribution is -2.60. The van der Waals surface area contributed by atoms with Gasteiger partial charge in [-0.2, -0.15) is 0 Å². The number of urea groups is 1. The Balaban J connectivity index is 1.60. The maximum atomic E-state index is 14.3. The maximum absolute atomic E-state index is 14.3. The minimum atomic E-state index is -1.72. The number of carboxylic acids is 1. The number of carbonyl (C=O) groups excluding carboxylic acids is 4. The third-order valence-electron chi connectivity index (χ3n) is 6.52. The SMILES string of the molecule is CCN1CCN(C(=O)NC(C(=O)N[C@H]2Cc3cccc(C(=O)O)c3OB2O)c2cc(F)c(O)c(Cl)c2)C(=O)C1=O. The van der Waals surface area contributed by atoms with E-state index in [9.17, 15) is 43.6 Å². The first kappa shape index (κ1) is 28.6. The number of fused-ring (bicyclic) bond motifs is 1. The summed E-state index contributed by atoms with van der Waals surface area (Å²) < 4.78 is 19.7. The van der Waals surface area contributed by atoms with Crippen molar-refractivity contribution in [2.24, 2.45) is 0 Å². The van der Waals surface area contributed by atoms with Gasteiger partial charge in [-0.1, -0.05) is 23.7 Å². The molecule has 5 amide bonds. The molecular formula is C24H23BClFN4O9. The highest BCUT2D eigenvalue weighted by Crippen LogP contribution is 2.32. The number of nitrogens with one attached hydrogen (secondary N) is 2. The number of phenols is 1. The van der Waals surface area contributed by atoms with E-state index >= 15 is 0 Å². The normalized spacial score (nSPS) is 17.6. The number of piperazine rings is 1. The van der Waals surface area contributed by atoms with Gasteiger partial charge in [0.2, 0.25) is 5.91 Å². The van der Waals surface area contributed by atoms with Crippen molar-refractivity contribution in [3.8, 4) is 11.5 Å². The van der Waals surface area contributed by atoms with Crippen LogP contribution in [0.3, 0.4) is 0 Å². The standard InChI is InChI=1S/C24H23BClFN4O9/c1-2-30-6-7-31(22(35)21(30)34)24(38)29-17(12-8-14(26)18(32)15(27)9-12)20(33)28-16-10-11-4-3-5-13(23(36)37)19(11)40-25(16)39/h3-5,8-9,16-17,32,39H,2,6-7,10H2,1H3,(H,28,33)(H,29,38)(H,36,37)/t16-,17?/m0/s1. The van der Waals surface area contributed by atoms with Crippen molar-refractivity contribution in [2.45, 2.75) is 25.3 Å². The van der Waals surface area contributed by atoms with Gasteiger partial charge in [0.15, 0.2) is 11.6 Å². The number of amides is 5. The van der Waals surface area contributed by atoms with Gasteiger partial charge in [0.05, 0.1) is 16.5 Å². The van der Waals surface area contributed by atoms with Crippen LogP contribution < -0.4 is 15.3 Å². The van der Waals surface area contributed by atoms with Gasteiger partial charge in [0, 0.05) is 19.6 Å². The highest BCUT2D eigenvalue weighted by Gasteiger charge is 2.41. The average Bonchev–Trinajstić information content (AvgIpc) is 2.91. The van der Waals surface area contributed by atoms with E-state index in [2.05, 4.69) is 10.6 Å². The van der Waals surface area contributed by atoms with E-state index in [0.29, 0.717) is 10.5 Å². The van der Waals surface area contributed by atoms with Crippen molar-refractivity contribution in [1.29, 1.82) is 0 Å². The summed E-state index contributed by atoms with van der Waals surface area (Å²) in [6, 6.07) is 3.21. The zero-order valence-electron chi connectivity index (χ0n) is 20.9. The van der Waals surface area contributed by atoms with E-state index in [1.54, 1.807) is 13.0 Å². The van der Waals surface area contributed by atoms with Crippen LogP contribution in [0.4, 0.5) is 9.18 Å². The van der Waals surface area contributed by atoms with Crippen molar-refractivity contribution in [3.63, 3.8) is 0 Å². The Morgan fingerprint density at radius 3 is 2.60 bits per heavy atom. The molecule has 0 saturated carbocycles. The van der Waals surface area contributed by atoms with Crippen LogP contribution in [0, 0.1) is 5.82 Å². The number of phenolic OH excluding ortho intramolecular Hbond substituents is 1. The van der Waals surface area contributed by atoms with Gasteiger partial charge < -0.3 is 35.4 Å². The fourth-order valence-electron chi connectivity index (χ4n) is 4.41. The Kier molecular flexibility index (Phi) is 8.16. The number of aromatic hydroxyl groups is 1. The number of nitrogens with zero attached hydrogens (tertiary/aromatic N) is 2. The molecule has 0 aromatic heterocycles. The Morgan fingerprint density at radius 1 is 1.23 bits per heavy atom. The average molecular weight is 577 g/mol. The maximum Gasteiger partial charge on any atom is 0.547 e. The summed E-state index contributed by atoms with van der Waals surface area (Å²) in [5, 5.41) is 33.9. The summed E-state index contributed by atoms with van der Waals surface area (Å²) >= 11 is 5.88. The number of hydrogen-bond acceptors (Lipinski definition) is 8. The van der Waals surface area contributed by atoms with Gasteiger partial charge in [-0.05, 0) is 42.7 Å². The molecule has 5 N–H and O–H groups in total. The summed E-state index contributed by atoms with van der Waals surface area (Å²) in [7, 11) is -1.70. The largest absolute Gasteiger partial charge is 0.547 e. The van der Waals surface area contributed by atoms with E-state index < -0.39 is 65.4 Å². The van der Waals surface area contributed by atoms with E-state index in [1.807, 2.05) is 0 Å². The predicted molar refractivity (Wildman–Crippen MR) is 136 cm³/mol. The second-order valence-corrected chi connectivity index (χ2v) is 9.39. The molecule has 2 aliphatic rings. The number of rotatable bonds is 6. The lowest BCUT2D eigenvalue weighted by molar-refractivity contribution is -0.153. The number of likely N-dealkylation sites (N-methyl/N-ethyl adjacent to an activating group) is 1. The van der Waals surface area contributed by atoms with Crippen LogP contribution in [-0.4, -0.2) is 87.5 Å². The Morgan fingerprint density at radius 2 is 1.95 bits per heavy atom. The highest BCUT2D eigenvalue weighted by molar-refractivity contribution is 6.47. The number of para-hydroxylation sites is 1. The summed E-state index contributed by atoms with van der Waals surface area (Å²) in [5.41, 5.74) is -0.0484. The minimum Gasteiger partial charge on any atom is -0.534 e. The van der Waals surface area contributed by atoms with Gasteiger partial charge in [-0.3, -0.25) is 19.3 Å². The molecule has 2 atom stereocenters. The van der Waals surface area contributed by atoms with Gasteiger partial charge >= 0.3 is 30.9 Å². The number of halogens is 2. The van der Waals surface area contributed by atoms with Crippen LogP contribution in [0.2, 0.25) is 5.02 Å². The number of aromatic carboxylic acids is 1. The summed E-state index contributed by atoms with van der Waals surface area (Å²) in [6.45, 7) is 1.81. The second kappa shape index (κ2) is 11.4. The molecule has 0 bridgehead atoms. The van der Waals surface area contributed by atoms with Crippen LogP contribution in [0.15, 0.2) is 30.3 Å². The van der Waals surface area contributed by atoms with Crippen molar-refractivity contribution in [1.82, 2.24) is 20.4 Å². The third kappa shape index (κ3) is 5.51. The first-order valence-electron chi connectivity index (χ1n) is 12.0. The van der Waals surface area contributed by atoms with E-state index in [1.165, 1.54) is 17.0 Å². The molecule has 1 fully saturated rings. The molecule has 0 aliphatic carbocycles. The Bertz CT molecular complexity index is 1390. The molecule has 0 radical (unpaired) electrons. The van der Waals surface area contributed by atoms with E-state index in [-0.39, 0.29) is 42.9 Å². The summed E-state index contributed by atoms with van der Waals surface area (Å²) in [4.78, 5) is 64.5. The fraction of sp³-hybridized carbons (Fsp3) is 0.292. The molecule has 40 heavy (non-hydrogen) atoms. The Hall–Kier alpha value is -4.37.